The third kappa shape index (κ3) is 3.77. The molecule has 30 heavy (non-hydrogen) atoms. The molecule has 0 unspecified atom stereocenters. The van der Waals surface area contributed by atoms with Crippen LogP contribution in [0.3, 0.4) is 0 Å². The maximum Gasteiger partial charge on any atom is 0.254 e. The summed E-state index contributed by atoms with van der Waals surface area (Å²) in [7, 11) is 1.63. The molecule has 0 aliphatic carbocycles. The van der Waals surface area contributed by atoms with Gasteiger partial charge < -0.3 is 14.6 Å². The molecule has 2 heterocycles. The monoisotopic (exact) mass is 409 g/mol. The van der Waals surface area contributed by atoms with Crippen molar-refractivity contribution in [2.24, 2.45) is 0 Å². The Kier molecular flexibility index (Phi) is 5.48. The Bertz CT molecular complexity index is 1170. The number of hydrogen-bond acceptors (Lipinski definition) is 6. The molecular formula is C20H20FN7O2. The molecule has 1 N–H and O–H groups in total. The first-order valence-corrected chi connectivity index (χ1v) is 9.36. The number of aromatic nitrogens is 6. The first-order chi connectivity index (χ1) is 14.6. The fraction of sp³-hybridized carbons (Fsp3) is 0.250. The Morgan fingerprint density at radius 2 is 2.10 bits per heavy atom. The van der Waals surface area contributed by atoms with Gasteiger partial charge in [0.05, 0.1) is 34.9 Å². The Balaban J connectivity index is 1.66. The van der Waals surface area contributed by atoms with Crippen LogP contribution in [-0.2, 0) is 11.3 Å². The van der Waals surface area contributed by atoms with E-state index in [0.29, 0.717) is 24.7 Å². The number of carbonyl (C=O) groups excluding carboxylic acids is 1. The van der Waals surface area contributed by atoms with E-state index in [0.717, 1.165) is 17.1 Å². The summed E-state index contributed by atoms with van der Waals surface area (Å²) in [6, 6.07) is 11.2. The summed E-state index contributed by atoms with van der Waals surface area (Å²) in [6.45, 7) is 2.92. The molecule has 0 aliphatic heterocycles. The lowest BCUT2D eigenvalue weighted by Crippen LogP contribution is -2.30. The SMILES string of the molecule is COCCn1c([C@@H](C)NC(=O)c2cc(F)ccc2-n2cnnn2)nc2ccccc21. The molecule has 0 bridgehead atoms. The number of halogens is 1. The van der Waals surface area contributed by atoms with Crippen LogP contribution < -0.4 is 5.32 Å². The molecule has 9 nitrogen and oxygen atoms in total. The summed E-state index contributed by atoms with van der Waals surface area (Å²) in [6.07, 6.45) is 1.34. The molecule has 0 saturated carbocycles. The third-order valence-electron chi connectivity index (χ3n) is 4.74. The highest BCUT2D eigenvalue weighted by Gasteiger charge is 2.21. The van der Waals surface area contributed by atoms with Gasteiger partial charge in [0.15, 0.2) is 0 Å². The van der Waals surface area contributed by atoms with Gasteiger partial charge in [0.2, 0.25) is 0 Å². The van der Waals surface area contributed by atoms with Crippen LogP contribution in [0.5, 0.6) is 0 Å². The largest absolute Gasteiger partial charge is 0.383 e. The van der Waals surface area contributed by atoms with Crippen molar-refractivity contribution in [3.8, 4) is 5.69 Å². The van der Waals surface area contributed by atoms with E-state index in [1.165, 1.54) is 23.1 Å². The molecule has 0 radical (unpaired) electrons. The number of tetrazole rings is 1. The second-order valence-corrected chi connectivity index (χ2v) is 6.71. The van der Waals surface area contributed by atoms with E-state index < -0.39 is 17.8 Å². The minimum absolute atomic E-state index is 0.119. The molecule has 10 heteroatoms. The Morgan fingerprint density at radius 3 is 2.87 bits per heavy atom. The van der Waals surface area contributed by atoms with Crippen LogP contribution in [-0.4, -0.2) is 49.4 Å². The second kappa shape index (κ2) is 8.37. The van der Waals surface area contributed by atoms with Crippen LogP contribution in [0.2, 0.25) is 0 Å². The van der Waals surface area contributed by atoms with E-state index in [1.807, 2.05) is 35.8 Å². The number of para-hydroxylation sites is 2. The van der Waals surface area contributed by atoms with Crippen LogP contribution in [0.4, 0.5) is 4.39 Å². The van der Waals surface area contributed by atoms with Crippen molar-refractivity contribution in [2.45, 2.75) is 19.5 Å². The first-order valence-electron chi connectivity index (χ1n) is 9.36. The van der Waals surface area contributed by atoms with Gasteiger partial charge in [0, 0.05) is 13.7 Å². The predicted molar refractivity (Wildman–Crippen MR) is 107 cm³/mol. The summed E-state index contributed by atoms with van der Waals surface area (Å²) >= 11 is 0. The number of rotatable bonds is 7. The number of nitrogens with zero attached hydrogens (tertiary/aromatic N) is 6. The minimum Gasteiger partial charge on any atom is -0.383 e. The number of nitrogens with one attached hydrogen (secondary N) is 1. The number of amides is 1. The van der Waals surface area contributed by atoms with Crippen molar-refractivity contribution in [3.63, 3.8) is 0 Å². The van der Waals surface area contributed by atoms with Crippen LogP contribution in [0.15, 0.2) is 48.8 Å². The van der Waals surface area contributed by atoms with E-state index >= 15 is 0 Å². The van der Waals surface area contributed by atoms with Gasteiger partial charge in [-0.05, 0) is 47.7 Å². The molecule has 0 saturated heterocycles. The maximum absolute atomic E-state index is 13.9. The lowest BCUT2D eigenvalue weighted by molar-refractivity contribution is 0.0936. The molecule has 0 fully saturated rings. The predicted octanol–water partition coefficient (Wildman–Crippen LogP) is 2.29. The summed E-state index contributed by atoms with van der Waals surface area (Å²) in [5.41, 5.74) is 2.27. The molecule has 2 aromatic heterocycles. The van der Waals surface area contributed by atoms with Crippen LogP contribution in [0.1, 0.15) is 29.1 Å². The van der Waals surface area contributed by atoms with E-state index in [2.05, 4.69) is 25.8 Å². The standard InChI is InChI=1S/C20H20FN7O2/c1-13(19-24-16-5-3-4-6-18(16)27(19)9-10-30-2)23-20(29)15-11-14(21)7-8-17(15)28-12-22-25-26-28/h3-8,11-13H,9-10H2,1-2H3,(H,23,29)/t13-/m1/s1. The third-order valence-corrected chi connectivity index (χ3v) is 4.74. The van der Waals surface area contributed by atoms with Gasteiger partial charge in [-0.2, -0.15) is 4.68 Å². The van der Waals surface area contributed by atoms with Crippen molar-refractivity contribution < 1.29 is 13.9 Å². The van der Waals surface area contributed by atoms with Crippen molar-refractivity contribution in [3.05, 3.63) is 66.0 Å². The number of methoxy groups -OCH3 is 1. The fourth-order valence-corrected chi connectivity index (χ4v) is 3.34. The molecular weight excluding hydrogens is 389 g/mol. The Labute approximate surface area is 171 Å². The summed E-state index contributed by atoms with van der Waals surface area (Å²) < 4.78 is 22.4. The fourth-order valence-electron chi connectivity index (χ4n) is 3.34. The average Bonchev–Trinajstić information content (AvgIpc) is 3.40. The first kappa shape index (κ1) is 19.6. The molecule has 1 atom stereocenters. The maximum atomic E-state index is 13.9. The number of carbonyl (C=O) groups is 1. The zero-order valence-electron chi connectivity index (χ0n) is 16.5. The summed E-state index contributed by atoms with van der Waals surface area (Å²) in [4.78, 5) is 17.7. The normalized spacial score (nSPS) is 12.2. The summed E-state index contributed by atoms with van der Waals surface area (Å²) in [5.74, 6) is -0.309. The smallest absolute Gasteiger partial charge is 0.254 e. The van der Waals surface area contributed by atoms with Gasteiger partial charge in [-0.1, -0.05) is 12.1 Å². The second-order valence-electron chi connectivity index (χ2n) is 6.71. The van der Waals surface area contributed by atoms with E-state index in [4.69, 9.17) is 4.74 Å². The highest BCUT2D eigenvalue weighted by Crippen LogP contribution is 2.22. The Hall–Kier alpha value is -3.66. The van der Waals surface area contributed by atoms with E-state index in [9.17, 15) is 9.18 Å². The number of fused-ring (bicyclic) bond motifs is 1. The molecule has 0 spiro atoms. The zero-order chi connectivity index (χ0) is 21.1. The lowest BCUT2D eigenvalue weighted by Gasteiger charge is -2.17. The Morgan fingerprint density at radius 1 is 1.27 bits per heavy atom. The van der Waals surface area contributed by atoms with Crippen LogP contribution in [0.25, 0.3) is 16.7 Å². The van der Waals surface area contributed by atoms with Gasteiger partial charge in [0.25, 0.3) is 5.91 Å². The molecule has 0 aliphatic rings. The number of imidazole rings is 1. The number of hydrogen-bond donors (Lipinski definition) is 1. The van der Waals surface area contributed by atoms with Crippen LogP contribution >= 0.6 is 0 Å². The quantitative estimate of drug-likeness (QED) is 0.503. The van der Waals surface area contributed by atoms with E-state index in [-0.39, 0.29) is 5.56 Å². The van der Waals surface area contributed by atoms with Gasteiger partial charge >= 0.3 is 0 Å². The van der Waals surface area contributed by atoms with E-state index in [1.54, 1.807) is 7.11 Å². The molecule has 2 aromatic carbocycles. The van der Waals surface area contributed by atoms with Gasteiger partial charge in [-0.3, -0.25) is 4.79 Å². The zero-order valence-corrected chi connectivity index (χ0v) is 16.5. The van der Waals surface area contributed by atoms with Crippen molar-refractivity contribution in [2.75, 3.05) is 13.7 Å². The summed E-state index contributed by atoms with van der Waals surface area (Å²) in [5, 5.41) is 13.9. The number of ether oxygens (including phenoxy) is 1. The molecule has 4 rings (SSSR count). The van der Waals surface area contributed by atoms with Crippen molar-refractivity contribution in [1.29, 1.82) is 0 Å². The van der Waals surface area contributed by atoms with Crippen LogP contribution in [0, 0.1) is 5.82 Å². The highest BCUT2D eigenvalue weighted by atomic mass is 19.1. The van der Waals surface area contributed by atoms with Crippen molar-refractivity contribution in [1.82, 2.24) is 35.1 Å². The van der Waals surface area contributed by atoms with Gasteiger partial charge in [-0.15, -0.1) is 5.10 Å². The van der Waals surface area contributed by atoms with Gasteiger partial charge in [0.1, 0.15) is 18.0 Å². The lowest BCUT2D eigenvalue weighted by atomic mass is 10.1. The highest BCUT2D eigenvalue weighted by molar-refractivity contribution is 5.98. The average molecular weight is 409 g/mol. The van der Waals surface area contributed by atoms with Crippen molar-refractivity contribution >= 4 is 16.9 Å². The molecule has 1 amide bonds. The molecule has 154 valence electrons. The molecule has 4 aromatic rings. The number of benzene rings is 2. The van der Waals surface area contributed by atoms with Gasteiger partial charge in [-0.25, -0.2) is 9.37 Å². The topological polar surface area (TPSA) is 99.8 Å². The minimum atomic E-state index is -0.531.